The van der Waals surface area contributed by atoms with Crippen molar-refractivity contribution in [2.75, 3.05) is 35.8 Å². The first-order chi connectivity index (χ1) is 17.5. The van der Waals surface area contributed by atoms with E-state index in [1.807, 2.05) is 109 Å². The highest BCUT2D eigenvalue weighted by Gasteiger charge is 2.25. The first kappa shape index (κ1) is 23.3. The normalized spacial score (nSPS) is 12.2. The third kappa shape index (κ3) is 4.70. The lowest BCUT2D eigenvalue weighted by molar-refractivity contribution is -0.117. The Labute approximate surface area is 211 Å². The fourth-order valence-electron chi connectivity index (χ4n) is 4.70. The van der Waals surface area contributed by atoms with Gasteiger partial charge in [0.2, 0.25) is 5.91 Å². The summed E-state index contributed by atoms with van der Waals surface area (Å²) in [7, 11) is 3.99. The van der Waals surface area contributed by atoms with Crippen LogP contribution in [0.5, 0.6) is 0 Å². The summed E-state index contributed by atoms with van der Waals surface area (Å²) in [5.41, 5.74) is 6.96. The molecule has 0 aliphatic carbocycles. The third-order valence-electron chi connectivity index (χ3n) is 6.44. The first-order valence-corrected chi connectivity index (χ1v) is 12.0. The minimum Gasteiger partial charge on any atom is -0.377 e. The molecule has 1 N–H and O–H groups in total. The molecular weight excluding hydrogens is 448 g/mol. The number of benzene rings is 3. The van der Waals surface area contributed by atoms with Gasteiger partial charge in [0.25, 0.3) is 5.91 Å². The van der Waals surface area contributed by atoms with Crippen molar-refractivity contribution in [3.05, 3.63) is 108 Å². The molecule has 5 rings (SSSR count). The highest BCUT2D eigenvalue weighted by Crippen LogP contribution is 2.34. The molecule has 3 aromatic carbocycles. The fourth-order valence-corrected chi connectivity index (χ4v) is 4.70. The van der Waals surface area contributed by atoms with Crippen molar-refractivity contribution in [3.63, 3.8) is 0 Å². The van der Waals surface area contributed by atoms with E-state index in [4.69, 9.17) is 0 Å². The number of para-hydroxylation sites is 1. The molecule has 6 nitrogen and oxygen atoms in total. The van der Waals surface area contributed by atoms with Crippen molar-refractivity contribution >= 4 is 28.9 Å². The average Bonchev–Trinajstić information content (AvgIpc) is 3.33. The third-order valence-corrected chi connectivity index (χ3v) is 6.44. The Morgan fingerprint density at radius 1 is 0.917 bits per heavy atom. The van der Waals surface area contributed by atoms with Gasteiger partial charge in [-0.05, 0) is 60.0 Å². The summed E-state index contributed by atoms with van der Waals surface area (Å²) in [6.45, 7) is 0.628. The molecule has 0 fully saturated rings. The van der Waals surface area contributed by atoms with E-state index in [0.717, 1.165) is 40.2 Å². The van der Waals surface area contributed by atoms with Gasteiger partial charge in [-0.1, -0.05) is 42.5 Å². The van der Waals surface area contributed by atoms with Gasteiger partial charge >= 0.3 is 0 Å². The number of fused-ring (bicyclic) bond motifs is 1. The Balaban J connectivity index is 1.36. The van der Waals surface area contributed by atoms with Crippen molar-refractivity contribution in [2.24, 2.45) is 0 Å². The van der Waals surface area contributed by atoms with Crippen LogP contribution in [0.4, 0.5) is 17.1 Å². The van der Waals surface area contributed by atoms with Crippen LogP contribution in [0.2, 0.25) is 0 Å². The quantitative estimate of drug-likeness (QED) is 0.416. The molecule has 4 aromatic rings. The molecule has 6 heteroatoms. The summed E-state index contributed by atoms with van der Waals surface area (Å²) in [6.07, 6.45) is 2.72. The number of carbonyl (C=O) groups is 2. The number of hydrogen-bond donors (Lipinski definition) is 1. The van der Waals surface area contributed by atoms with Gasteiger partial charge in [-0.15, -0.1) is 0 Å². The van der Waals surface area contributed by atoms with Crippen molar-refractivity contribution in [3.8, 4) is 11.1 Å². The minimum absolute atomic E-state index is 0.0257. The minimum atomic E-state index is -0.166. The van der Waals surface area contributed by atoms with E-state index in [-0.39, 0.29) is 18.2 Å². The SMILES string of the molecule is CN(C)c1ccccc1-c1ccccc1C(=O)Nc1ccc2c(c1)CCN2C(=O)Cc1ccccn1. The maximum atomic E-state index is 13.4. The van der Waals surface area contributed by atoms with E-state index in [9.17, 15) is 9.59 Å². The number of aromatic nitrogens is 1. The lowest BCUT2D eigenvalue weighted by Gasteiger charge is -2.19. The number of carbonyl (C=O) groups excluding carboxylic acids is 2. The van der Waals surface area contributed by atoms with Crippen LogP contribution in [0, 0.1) is 0 Å². The molecule has 2 amide bonds. The van der Waals surface area contributed by atoms with Crippen LogP contribution >= 0.6 is 0 Å². The standard InChI is InChI=1S/C30H28N4O2/c1-33(2)28-13-6-5-11-25(28)24-10-3-4-12-26(24)30(36)32-23-14-15-27-21(19-23)16-18-34(27)29(35)20-22-9-7-8-17-31-22/h3-15,17,19H,16,18,20H2,1-2H3,(H,32,36). The van der Waals surface area contributed by atoms with Crippen LogP contribution in [0.1, 0.15) is 21.6 Å². The Hall–Kier alpha value is -4.45. The number of nitrogens with zero attached hydrogens (tertiary/aromatic N) is 3. The van der Waals surface area contributed by atoms with E-state index in [1.165, 1.54) is 0 Å². The summed E-state index contributed by atoms with van der Waals surface area (Å²) in [6, 6.07) is 27.1. The molecule has 1 aromatic heterocycles. The summed E-state index contributed by atoms with van der Waals surface area (Å²) >= 11 is 0. The highest BCUT2D eigenvalue weighted by molar-refractivity contribution is 6.09. The van der Waals surface area contributed by atoms with E-state index in [1.54, 1.807) is 6.20 Å². The van der Waals surface area contributed by atoms with Gasteiger partial charge in [0.1, 0.15) is 0 Å². The molecule has 0 saturated heterocycles. The predicted molar refractivity (Wildman–Crippen MR) is 145 cm³/mol. The molecule has 1 aliphatic heterocycles. The van der Waals surface area contributed by atoms with Gasteiger partial charge < -0.3 is 15.1 Å². The van der Waals surface area contributed by atoms with E-state index >= 15 is 0 Å². The molecule has 0 bridgehead atoms. The molecule has 180 valence electrons. The van der Waals surface area contributed by atoms with Gasteiger partial charge in [-0.25, -0.2) is 0 Å². The largest absolute Gasteiger partial charge is 0.377 e. The zero-order valence-electron chi connectivity index (χ0n) is 20.4. The second kappa shape index (κ2) is 10.0. The summed E-state index contributed by atoms with van der Waals surface area (Å²) in [5.74, 6) is -0.141. The molecule has 36 heavy (non-hydrogen) atoms. The van der Waals surface area contributed by atoms with Crippen LogP contribution in [0.25, 0.3) is 11.1 Å². The molecule has 2 heterocycles. The molecule has 0 spiro atoms. The maximum absolute atomic E-state index is 13.4. The maximum Gasteiger partial charge on any atom is 0.256 e. The molecule has 0 saturated carbocycles. The molecule has 1 aliphatic rings. The van der Waals surface area contributed by atoms with E-state index in [2.05, 4.69) is 10.3 Å². The van der Waals surface area contributed by atoms with Crippen molar-refractivity contribution < 1.29 is 9.59 Å². The second-order valence-corrected chi connectivity index (χ2v) is 9.05. The smallest absolute Gasteiger partial charge is 0.256 e. The van der Waals surface area contributed by atoms with Crippen LogP contribution in [-0.2, 0) is 17.6 Å². The van der Waals surface area contributed by atoms with E-state index < -0.39 is 0 Å². The van der Waals surface area contributed by atoms with Gasteiger partial charge in [0, 0.05) is 60.7 Å². The second-order valence-electron chi connectivity index (χ2n) is 9.05. The van der Waals surface area contributed by atoms with Crippen LogP contribution < -0.4 is 15.1 Å². The molecule has 0 radical (unpaired) electrons. The number of hydrogen-bond acceptors (Lipinski definition) is 4. The van der Waals surface area contributed by atoms with Crippen LogP contribution in [0.3, 0.4) is 0 Å². The lowest BCUT2D eigenvalue weighted by atomic mass is 9.97. The summed E-state index contributed by atoms with van der Waals surface area (Å²) in [4.78, 5) is 34.4. The molecule has 0 atom stereocenters. The van der Waals surface area contributed by atoms with Crippen LogP contribution in [0.15, 0.2) is 91.1 Å². The Kier molecular flexibility index (Phi) is 6.50. The Morgan fingerprint density at radius 3 is 2.44 bits per heavy atom. The topological polar surface area (TPSA) is 65.5 Å². The van der Waals surface area contributed by atoms with Gasteiger partial charge in [0.15, 0.2) is 0 Å². The van der Waals surface area contributed by atoms with Gasteiger partial charge in [-0.3, -0.25) is 14.6 Å². The summed E-state index contributed by atoms with van der Waals surface area (Å²) in [5, 5.41) is 3.06. The number of rotatable bonds is 6. The number of amides is 2. The zero-order valence-corrected chi connectivity index (χ0v) is 20.4. The lowest BCUT2D eigenvalue weighted by Crippen LogP contribution is -2.30. The zero-order chi connectivity index (χ0) is 25.1. The van der Waals surface area contributed by atoms with Gasteiger partial charge in [0.05, 0.1) is 6.42 Å². The number of anilines is 3. The fraction of sp³-hybridized carbons (Fsp3) is 0.167. The van der Waals surface area contributed by atoms with Gasteiger partial charge in [-0.2, -0.15) is 0 Å². The first-order valence-electron chi connectivity index (χ1n) is 12.0. The highest BCUT2D eigenvalue weighted by atomic mass is 16.2. The number of nitrogens with one attached hydrogen (secondary N) is 1. The monoisotopic (exact) mass is 476 g/mol. The van der Waals surface area contributed by atoms with Crippen molar-refractivity contribution in [2.45, 2.75) is 12.8 Å². The average molecular weight is 477 g/mol. The van der Waals surface area contributed by atoms with Crippen molar-refractivity contribution in [1.29, 1.82) is 0 Å². The molecule has 0 unspecified atom stereocenters. The Bertz CT molecular complexity index is 1420. The van der Waals surface area contributed by atoms with Crippen LogP contribution in [-0.4, -0.2) is 37.4 Å². The summed E-state index contributed by atoms with van der Waals surface area (Å²) < 4.78 is 0. The molecular formula is C30H28N4O2. The number of pyridine rings is 1. The van der Waals surface area contributed by atoms with E-state index in [0.29, 0.717) is 17.8 Å². The van der Waals surface area contributed by atoms with Crippen molar-refractivity contribution in [1.82, 2.24) is 4.98 Å². The Morgan fingerprint density at radius 2 is 1.67 bits per heavy atom. The predicted octanol–water partition coefficient (Wildman–Crippen LogP) is 5.20.